The van der Waals surface area contributed by atoms with E-state index in [0.717, 1.165) is 31.3 Å². The van der Waals surface area contributed by atoms with Gasteiger partial charge < -0.3 is 28.8 Å². The summed E-state index contributed by atoms with van der Waals surface area (Å²) in [6.07, 6.45) is 0. The van der Waals surface area contributed by atoms with E-state index < -0.39 is 11.9 Å². The third kappa shape index (κ3) is 16.6. The lowest BCUT2D eigenvalue weighted by Gasteiger charge is -2.24. The third-order valence-electron chi connectivity index (χ3n) is 10.8. The quantitative estimate of drug-likeness (QED) is 0.106. The molecule has 0 aliphatic carbocycles. The van der Waals surface area contributed by atoms with Crippen LogP contribution in [-0.2, 0) is 46.8 Å². The summed E-state index contributed by atoms with van der Waals surface area (Å²) in [6, 6.07) is 34.3. The fourth-order valence-electron chi connectivity index (χ4n) is 7.76. The Kier molecular flexibility index (Phi) is 21.7. The summed E-state index contributed by atoms with van der Waals surface area (Å²) in [7, 11) is 0. The van der Waals surface area contributed by atoms with Crippen LogP contribution in [0.15, 0.2) is 135 Å². The number of aromatic hydroxyl groups is 1. The molecule has 5 aromatic rings. The van der Waals surface area contributed by atoms with Crippen molar-refractivity contribution < 1.29 is 38.4 Å². The Morgan fingerprint density at radius 2 is 0.956 bits per heavy atom. The number of carbonyl (C=O) groups is 2. The average molecular weight is 1140 g/mol. The standard InChI is InChI=1S/C12H15BrO.C12H14O4.C12H16O.C10H11BrO.C6H5BrO.C4H7Cl/c1-11(2)9-6-5-8(13)7-10(9)12(3,4)14-11;1-3-15-11(13)9-7-5-6-8-10(9)12(14)16-4-2;1-11(2)9-7-5-6-8-10(9)12(3,4)13-11;1-10(2)6-12-9-4-3-7(11)5-8(9)10;7-5-1-3-6(8)4-2-5;1-4(2)3-5/h5-7H,1-4H3;5-8H,3-4H2,1-2H3;5-8H,1-4H3;3-5H,6H2,1-2H3;1-4,8H;1,3H2,2H3. The molecule has 0 saturated heterocycles. The Hall–Kier alpha value is -3.97. The Balaban J connectivity index is 0.000000222. The average Bonchev–Trinajstić information content (AvgIpc) is 3.75. The van der Waals surface area contributed by atoms with Gasteiger partial charge in [-0.25, -0.2) is 9.59 Å². The Morgan fingerprint density at radius 3 is 1.37 bits per heavy atom. The fraction of sp³-hybridized carbons (Fsp3) is 0.393. The lowest BCUT2D eigenvalue weighted by molar-refractivity contribution is -0.105. The van der Waals surface area contributed by atoms with Crippen molar-refractivity contribution in [3.8, 4) is 11.5 Å². The highest BCUT2D eigenvalue weighted by molar-refractivity contribution is 9.11. The minimum absolute atomic E-state index is 0.139. The van der Waals surface area contributed by atoms with Crippen LogP contribution < -0.4 is 4.74 Å². The molecule has 0 spiro atoms. The van der Waals surface area contributed by atoms with Gasteiger partial charge in [0.1, 0.15) is 11.5 Å². The van der Waals surface area contributed by atoms with Crippen molar-refractivity contribution in [2.45, 2.75) is 118 Å². The number of hydrogen-bond acceptors (Lipinski definition) is 8. The van der Waals surface area contributed by atoms with Crippen LogP contribution in [0.5, 0.6) is 11.5 Å². The van der Waals surface area contributed by atoms with Crippen LogP contribution in [0.25, 0.3) is 0 Å². The summed E-state index contributed by atoms with van der Waals surface area (Å²) in [6.45, 7) is 31.6. The summed E-state index contributed by atoms with van der Waals surface area (Å²) >= 11 is 15.4. The number of phenols is 1. The van der Waals surface area contributed by atoms with Crippen molar-refractivity contribution in [2.24, 2.45) is 0 Å². The number of fused-ring (bicyclic) bond motifs is 3. The first-order valence-corrected chi connectivity index (χ1v) is 25.4. The molecule has 0 bridgehead atoms. The van der Waals surface area contributed by atoms with Crippen LogP contribution in [0.3, 0.4) is 0 Å². The summed E-state index contributed by atoms with van der Waals surface area (Å²) in [4.78, 5) is 23.1. The molecule has 3 aliphatic heterocycles. The van der Waals surface area contributed by atoms with E-state index in [0.29, 0.717) is 11.6 Å². The van der Waals surface area contributed by atoms with Crippen LogP contribution in [0.4, 0.5) is 0 Å². The van der Waals surface area contributed by atoms with Crippen LogP contribution in [0.1, 0.15) is 139 Å². The van der Waals surface area contributed by atoms with E-state index >= 15 is 0 Å². The maximum atomic E-state index is 11.5. The molecule has 0 radical (unpaired) electrons. The van der Waals surface area contributed by atoms with Gasteiger partial charge in [-0.3, -0.25) is 0 Å². The summed E-state index contributed by atoms with van der Waals surface area (Å²) in [5.41, 5.74) is 7.57. The van der Waals surface area contributed by atoms with Gasteiger partial charge in [-0.05, 0) is 165 Å². The van der Waals surface area contributed by atoms with Crippen molar-refractivity contribution in [2.75, 3.05) is 25.7 Å². The largest absolute Gasteiger partial charge is 0.508 e. The lowest BCUT2D eigenvalue weighted by Crippen LogP contribution is -2.22. The van der Waals surface area contributed by atoms with Gasteiger partial charge in [0, 0.05) is 30.3 Å². The van der Waals surface area contributed by atoms with Crippen molar-refractivity contribution in [1.82, 2.24) is 0 Å². The predicted molar refractivity (Wildman–Crippen MR) is 287 cm³/mol. The third-order valence-corrected chi connectivity index (χ3v) is 12.7. The number of phenolic OH excluding ortho intramolecular Hbond substituents is 1. The SMILES string of the molecule is C=C(C)CCl.CC1(C)COc2ccc(Br)cc21.CC1(C)OC(C)(C)c2cc(Br)ccc21.CC1(C)OC(C)(C)c2ccccc21.CCOC(=O)c1ccccc1C(=O)OCC.Oc1ccc(Br)cc1. The first-order valence-electron chi connectivity index (χ1n) is 22.4. The van der Waals surface area contributed by atoms with Crippen LogP contribution in [0.2, 0.25) is 0 Å². The van der Waals surface area contributed by atoms with Gasteiger partial charge in [0.25, 0.3) is 0 Å². The molecular weight excluding hydrogens is 1080 g/mol. The number of halogens is 4. The second kappa shape index (κ2) is 25.2. The van der Waals surface area contributed by atoms with E-state index in [-0.39, 0.29) is 52.2 Å². The van der Waals surface area contributed by atoms with Crippen LogP contribution >= 0.6 is 59.4 Å². The van der Waals surface area contributed by atoms with Crippen LogP contribution in [0, 0.1) is 0 Å². The Labute approximate surface area is 435 Å². The molecular formula is C56H68Br3ClO8. The van der Waals surface area contributed by atoms with Gasteiger partial charge in [0.2, 0.25) is 0 Å². The van der Waals surface area contributed by atoms with Gasteiger partial charge in [0.15, 0.2) is 0 Å². The van der Waals surface area contributed by atoms with E-state index in [2.05, 4.69) is 172 Å². The molecule has 368 valence electrons. The minimum Gasteiger partial charge on any atom is -0.508 e. The van der Waals surface area contributed by atoms with Gasteiger partial charge in [-0.15, -0.1) is 11.6 Å². The smallest absolute Gasteiger partial charge is 0.338 e. The number of alkyl halides is 1. The zero-order valence-corrected chi connectivity index (χ0v) is 47.3. The minimum atomic E-state index is -0.508. The van der Waals surface area contributed by atoms with E-state index in [9.17, 15) is 9.59 Å². The second-order valence-corrected chi connectivity index (χ2v) is 21.9. The molecule has 8 nitrogen and oxygen atoms in total. The molecule has 0 unspecified atom stereocenters. The predicted octanol–water partition coefficient (Wildman–Crippen LogP) is 16.3. The molecule has 3 aliphatic rings. The summed E-state index contributed by atoms with van der Waals surface area (Å²) in [5, 5.41) is 8.74. The Bertz CT molecular complexity index is 2390. The highest BCUT2D eigenvalue weighted by Gasteiger charge is 2.43. The zero-order valence-electron chi connectivity index (χ0n) is 41.7. The number of esters is 2. The number of hydrogen-bond donors (Lipinski definition) is 1. The molecule has 1 N–H and O–H groups in total. The summed E-state index contributed by atoms with van der Waals surface area (Å²) in [5.74, 6) is 0.897. The molecule has 68 heavy (non-hydrogen) atoms. The number of ether oxygens (including phenoxy) is 5. The number of carbonyl (C=O) groups excluding carboxylic acids is 2. The number of allylic oxidation sites excluding steroid dienone is 1. The van der Waals surface area contributed by atoms with E-state index in [1.165, 1.54) is 27.8 Å². The van der Waals surface area contributed by atoms with Gasteiger partial charge >= 0.3 is 11.9 Å². The first kappa shape index (κ1) is 58.3. The van der Waals surface area contributed by atoms with Crippen LogP contribution in [-0.4, -0.2) is 42.7 Å². The maximum absolute atomic E-state index is 11.5. The molecule has 0 atom stereocenters. The number of benzene rings is 5. The highest BCUT2D eigenvalue weighted by atomic mass is 79.9. The highest BCUT2D eigenvalue weighted by Crippen LogP contribution is 2.48. The zero-order chi connectivity index (χ0) is 51.3. The summed E-state index contributed by atoms with van der Waals surface area (Å²) < 4.78 is 30.5. The van der Waals surface area contributed by atoms with Crippen molar-refractivity contribution in [1.29, 1.82) is 0 Å². The maximum Gasteiger partial charge on any atom is 0.338 e. The number of rotatable bonds is 5. The molecule has 0 amide bonds. The molecule has 5 aromatic carbocycles. The van der Waals surface area contributed by atoms with E-state index in [4.69, 9.17) is 40.4 Å². The monoisotopic (exact) mass is 1140 g/mol. The molecule has 8 rings (SSSR count). The van der Waals surface area contributed by atoms with E-state index in [1.807, 2.05) is 19.1 Å². The van der Waals surface area contributed by atoms with Crippen molar-refractivity contribution in [3.63, 3.8) is 0 Å². The van der Waals surface area contributed by atoms with Gasteiger partial charge in [0.05, 0.1) is 53.4 Å². The second-order valence-electron chi connectivity index (χ2n) is 18.8. The topological polar surface area (TPSA) is 101 Å². The van der Waals surface area contributed by atoms with E-state index in [1.54, 1.807) is 62.4 Å². The first-order chi connectivity index (χ1) is 31.6. The Morgan fingerprint density at radius 1 is 0.588 bits per heavy atom. The fourth-order valence-corrected chi connectivity index (χ4v) is 8.75. The van der Waals surface area contributed by atoms with Gasteiger partial charge in [-0.1, -0.05) is 116 Å². The molecule has 12 heteroatoms. The molecule has 0 fully saturated rings. The van der Waals surface area contributed by atoms with Crippen molar-refractivity contribution in [3.05, 3.63) is 174 Å². The molecule has 0 aromatic heterocycles. The molecule has 3 heterocycles. The lowest BCUT2D eigenvalue weighted by atomic mass is 9.87. The molecule has 0 saturated carbocycles. The van der Waals surface area contributed by atoms with Crippen molar-refractivity contribution >= 4 is 71.3 Å². The van der Waals surface area contributed by atoms with Gasteiger partial charge in [-0.2, -0.15) is 0 Å². The normalized spacial score (nSPS) is 16.1.